The second-order valence-electron chi connectivity index (χ2n) is 13.4. The van der Waals surface area contributed by atoms with Crippen molar-refractivity contribution < 1.29 is 46.2 Å². The third-order valence-corrected chi connectivity index (χ3v) is 10.3. The van der Waals surface area contributed by atoms with Crippen LogP contribution in [0.15, 0.2) is 119 Å². The molecule has 6 rings (SSSR count). The first-order valence-electron chi connectivity index (χ1n) is 18.6. The van der Waals surface area contributed by atoms with Crippen LogP contribution in [0.5, 0.6) is 0 Å². The minimum Gasteiger partial charge on any atom is -0.453 e. The Morgan fingerprint density at radius 1 is 0.915 bits per heavy atom. The van der Waals surface area contributed by atoms with E-state index in [1.807, 2.05) is 72.8 Å². The number of alkyl carbamates (subject to hydrolysis) is 2. The van der Waals surface area contributed by atoms with Crippen LogP contribution in [-0.4, -0.2) is 96.3 Å². The molecule has 1 unspecified atom stereocenters. The largest absolute Gasteiger partial charge is 0.453 e. The Bertz CT molecular complexity index is 2080. The lowest BCUT2D eigenvalue weighted by molar-refractivity contribution is -0.124. The first-order chi connectivity index (χ1) is 28.6. The number of benzene rings is 3. The number of hydrogen-bond acceptors (Lipinski definition) is 12. The van der Waals surface area contributed by atoms with E-state index in [1.54, 1.807) is 42.0 Å². The minimum absolute atomic E-state index is 0.261. The highest BCUT2D eigenvalue weighted by atomic mass is 32.2. The van der Waals surface area contributed by atoms with Gasteiger partial charge in [0.15, 0.2) is 0 Å². The molecule has 0 aliphatic carbocycles. The molecule has 3 amide bonds. The Morgan fingerprint density at radius 2 is 1.59 bits per heavy atom. The van der Waals surface area contributed by atoms with Gasteiger partial charge in [0, 0.05) is 41.9 Å². The number of nitrogens with zero attached hydrogens (tertiary/aromatic N) is 3. The lowest BCUT2D eigenvalue weighted by Gasteiger charge is -2.37. The van der Waals surface area contributed by atoms with Gasteiger partial charge in [-0.05, 0) is 47.7 Å². The fraction of sp³-hybridized carbons (Fsp3) is 0.317. The molecular formula is C41H42F3N7O7S. The number of hydrogen-bond donors (Lipinski definition) is 4. The van der Waals surface area contributed by atoms with Crippen molar-refractivity contribution in [2.24, 2.45) is 0 Å². The molecule has 0 bridgehead atoms. The summed E-state index contributed by atoms with van der Waals surface area (Å²) in [6, 6.07) is 28.0. The Labute approximate surface area is 342 Å². The second-order valence-corrected chi connectivity index (χ2v) is 14.4. The van der Waals surface area contributed by atoms with Crippen molar-refractivity contribution in [3.63, 3.8) is 0 Å². The highest BCUT2D eigenvalue weighted by molar-refractivity contribution is 7.99. The number of para-hydroxylation sites is 1. The number of halogens is 3. The number of amides is 3. The Morgan fingerprint density at radius 3 is 2.27 bits per heavy atom. The molecule has 0 spiro atoms. The van der Waals surface area contributed by atoms with Crippen LogP contribution in [0.1, 0.15) is 29.0 Å². The zero-order valence-electron chi connectivity index (χ0n) is 31.8. The monoisotopic (exact) mass is 833 g/mol. The van der Waals surface area contributed by atoms with Gasteiger partial charge in [-0.3, -0.25) is 9.78 Å². The summed E-state index contributed by atoms with van der Waals surface area (Å²) < 4.78 is 60.3. The topological polar surface area (TPSA) is 179 Å². The first-order valence-corrected chi connectivity index (χ1v) is 19.6. The highest BCUT2D eigenvalue weighted by Crippen LogP contribution is 2.31. The summed E-state index contributed by atoms with van der Waals surface area (Å²) >= 11 is 1.22. The molecule has 14 nitrogen and oxygen atoms in total. The van der Waals surface area contributed by atoms with E-state index in [4.69, 9.17) is 18.6 Å². The van der Waals surface area contributed by atoms with E-state index < -0.39 is 54.9 Å². The minimum atomic E-state index is -4.59. The molecule has 5 aromatic rings. The number of morpholine rings is 1. The maximum atomic E-state index is 14.2. The predicted molar refractivity (Wildman–Crippen MR) is 212 cm³/mol. The maximum Gasteiger partial charge on any atom is 0.407 e. The van der Waals surface area contributed by atoms with E-state index in [9.17, 15) is 27.6 Å². The molecule has 1 aliphatic rings. The van der Waals surface area contributed by atoms with Crippen molar-refractivity contribution in [1.29, 1.82) is 0 Å². The summed E-state index contributed by atoms with van der Waals surface area (Å²) in [6.07, 6.45) is -3.35. The van der Waals surface area contributed by atoms with Gasteiger partial charge in [0.2, 0.25) is 11.8 Å². The van der Waals surface area contributed by atoms with Gasteiger partial charge in [0.05, 0.1) is 25.4 Å². The van der Waals surface area contributed by atoms with Crippen LogP contribution >= 0.6 is 11.8 Å². The fourth-order valence-corrected chi connectivity index (χ4v) is 7.34. The number of nitrogens with one attached hydrogen (secondary N) is 4. The summed E-state index contributed by atoms with van der Waals surface area (Å²) in [5, 5.41) is 19.3. The molecule has 1 fully saturated rings. The normalized spacial score (nSPS) is 17.1. The van der Waals surface area contributed by atoms with Gasteiger partial charge in [-0.25, -0.2) is 9.59 Å². The third-order valence-electron chi connectivity index (χ3n) is 9.36. The fourth-order valence-electron chi connectivity index (χ4n) is 6.49. The average molecular weight is 834 g/mol. The summed E-state index contributed by atoms with van der Waals surface area (Å²) in [4.78, 5) is 42.9. The predicted octanol–water partition coefficient (Wildman–Crippen LogP) is 6.37. The number of aromatic nitrogens is 3. The number of pyridine rings is 1. The zero-order chi connectivity index (χ0) is 41.6. The Kier molecular flexibility index (Phi) is 14.9. The molecule has 0 radical (unpaired) electrons. The molecule has 2 aromatic heterocycles. The van der Waals surface area contributed by atoms with Gasteiger partial charge in [0.25, 0.3) is 5.22 Å². The van der Waals surface area contributed by atoms with Crippen LogP contribution in [0.25, 0.3) is 11.5 Å². The van der Waals surface area contributed by atoms with Gasteiger partial charge in [0.1, 0.15) is 19.2 Å². The second kappa shape index (κ2) is 20.6. The van der Waals surface area contributed by atoms with Crippen LogP contribution in [0.2, 0.25) is 0 Å². The van der Waals surface area contributed by atoms with Crippen molar-refractivity contribution in [3.05, 3.63) is 126 Å². The quantitative estimate of drug-likeness (QED) is 0.0810. The summed E-state index contributed by atoms with van der Waals surface area (Å²) in [5.74, 6) is -0.443. The van der Waals surface area contributed by atoms with Crippen molar-refractivity contribution in [2.45, 2.75) is 54.5 Å². The van der Waals surface area contributed by atoms with Crippen LogP contribution in [0.4, 0.5) is 28.4 Å². The summed E-state index contributed by atoms with van der Waals surface area (Å²) in [5.41, 5.74) is 3.67. The SMILES string of the molecule is COC(=O)NC(C(=O)Nc1ccccc1CC[C@@H]1CN[C@H](COC(=O)NCC(F)(F)F)[C@@H](CSc2nnc(-c3ccncc3)o2)O1)C(c1ccccc1)c1ccccc1. The number of methoxy groups -OCH3 is 1. The lowest BCUT2D eigenvalue weighted by Crippen LogP contribution is -2.56. The number of aryl methyl sites for hydroxylation is 1. The van der Waals surface area contributed by atoms with Gasteiger partial charge < -0.3 is 39.9 Å². The van der Waals surface area contributed by atoms with Crippen molar-refractivity contribution in [2.75, 3.05) is 37.9 Å². The smallest absolute Gasteiger partial charge is 0.407 e. The Balaban J connectivity index is 1.14. The van der Waals surface area contributed by atoms with E-state index in [0.717, 1.165) is 16.7 Å². The van der Waals surface area contributed by atoms with Gasteiger partial charge in [-0.2, -0.15) is 13.2 Å². The van der Waals surface area contributed by atoms with E-state index in [2.05, 4.69) is 31.1 Å². The van der Waals surface area contributed by atoms with Gasteiger partial charge >= 0.3 is 18.4 Å². The van der Waals surface area contributed by atoms with Crippen LogP contribution in [0.3, 0.4) is 0 Å². The summed E-state index contributed by atoms with van der Waals surface area (Å²) in [7, 11) is 1.24. The van der Waals surface area contributed by atoms with Gasteiger partial charge in [-0.1, -0.05) is 90.6 Å². The van der Waals surface area contributed by atoms with E-state index in [0.29, 0.717) is 36.5 Å². The van der Waals surface area contributed by atoms with Gasteiger partial charge in [-0.15, -0.1) is 10.2 Å². The number of carbonyl (C=O) groups is 3. The molecule has 59 heavy (non-hydrogen) atoms. The van der Waals surface area contributed by atoms with E-state index in [1.165, 1.54) is 18.9 Å². The molecule has 4 atom stereocenters. The van der Waals surface area contributed by atoms with Crippen molar-refractivity contribution >= 4 is 35.5 Å². The standard InChI is InChI=1S/C41H42F3N7O7S/c1-55-39(54)49-35(34(27-11-4-2-5-12-27)28-13-6-3-7-14-28)36(52)48-31-15-9-8-10-26(31)16-17-30-22-46-32(23-56-38(53)47-25-41(42,43)44)33(57-30)24-59-40-51-50-37(58-40)29-18-20-45-21-19-29/h2-15,18-21,30,32-35,46H,16-17,22-25H2,1H3,(H,47,53)(H,48,52)(H,49,54)/t30-,32-,33-,35?/m1/s1. The molecular weight excluding hydrogens is 792 g/mol. The van der Waals surface area contributed by atoms with Crippen LogP contribution in [0, 0.1) is 0 Å². The zero-order valence-corrected chi connectivity index (χ0v) is 32.6. The van der Waals surface area contributed by atoms with Crippen molar-refractivity contribution in [3.8, 4) is 11.5 Å². The van der Waals surface area contributed by atoms with E-state index in [-0.39, 0.29) is 23.7 Å². The molecule has 18 heteroatoms. The highest BCUT2D eigenvalue weighted by Gasteiger charge is 2.35. The lowest BCUT2D eigenvalue weighted by atomic mass is 9.84. The maximum absolute atomic E-state index is 14.2. The third kappa shape index (κ3) is 12.5. The molecule has 310 valence electrons. The molecule has 1 saturated heterocycles. The molecule has 4 N–H and O–H groups in total. The number of carbonyl (C=O) groups excluding carboxylic acids is 3. The van der Waals surface area contributed by atoms with Crippen LogP contribution in [-0.2, 0) is 25.4 Å². The number of thioether (sulfide) groups is 1. The Hall–Kier alpha value is -5.98. The molecule has 3 heterocycles. The number of ether oxygens (including phenoxy) is 3. The van der Waals surface area contributed by atoms with Crippen molar-refractivity contribution in [1.82, 2.24) is 31.1 Å². The number of alkyl halides is 3. The first kappa shape index (κ1) is 42.6. The number of rotatable bonds is 16. The molecule has 3 aromatic carbocycles. The summed E-state index contributed by atoms with van der Waals surface area (Å²) in [6.45, 7) is -1.46. The van der Waals surface area contributed by atoms with Crippen LogP contribution < -0.4 is 21.3 Å². The number of anilines is 1. The average Bonchev–Trinajstić information content (AvgIpc) is 3.74. The molecule has 1 aliphatic heterocycles. The molecule has 0 saturated carbocycles. The van der Waals surface area contributed by atoms with E-state index >= 15 is 0 Å².